The second-order valence-corrected chi connectivity index (χ2v) is 5.95. The van der Waals surface area contributed by atoms with Crippen LogP contribution in [-0.2, 0) is 14.8 Å². The zero-order valence-electron chi connectivity index (χ0n) is 11.6. The van der Waals surface area contributed by atoms with Crippen molar-refractivity contribution < 1.29 is 22.7 Å². The molecule has 0 aromatic heterocycles. The van der Waals surface area contributed by atoms with Gasteiger partial charge in [0.25, 0.3) is 0 Å². The average Bonchev–Trinajstić information content (AvgIpc) is 2.42. The quantitative estimate of drug-likeness (QED) is 0.736. The number of halogens is 1. The van der Waals surface area contributed by atoms with Crippen molar-refractivity contribution in [3.05, 3.63) is 29.6 Å². The minimum Gasteiger partial charge on any atom is -0.384 e. The zero-order valence-corrected chi connectivity index (χ0v) is 12.4. The fourth-order valence-electron chi connectivity index (χ4n) is 1.36. The smallest absolute Gasteiger partial charge is 0.242 e. The third-order valence-electron chi connectivity index (χ3n) is 2.45. The van der Waals surface area contributed by atoms with Crippen LogP contribution in [0.5, 0.6) is 0 Å². The van der Waals surface area contributed by atoms with Gasteiger partial charge in [-0.05, 0) is 18.2 Å². The Morgan fingerprint density at radius 1 is 1.43 bits per heavy atom. The Morgan fingerprint density at radius 3 is 2.67 bits per heavy atom. The van der Waals surface area contributed by atoms with Gasteiger partial charge in [0.15, 0.2) is 0 Å². The van der Waals surface area contributed by atoms with Crippen LogP contribution in [0.15, 0.2) is 23.1 Å². The largest absolute Gasteiger partial charge is 0.384 e. The molecule has 6 nitrogen and oxygen atoms in total. The first-order chi connectivity index (χ1) is 9.77. The van der Waals surface area contributed by atoms with E-state index in [2.05, 4.69) is 16.6 Å². The Bertz CT molecular complexity index is 690. The summed E-state index contributed by atoms with van der Waals surface area (Å²) in [4.78, 5) is 12.4. The highest BCUT2D eigenvalue weighted by molar-refractivity contribution is 7.89. The summed E-state index contributed by atoms with van der Waals surface area (Å²) < 4.78 is 39.5. The van der Waals surface area contributed by atoms with Crippen LogP contribution in [0.2, 0.25) is 0 Å². The number of benzene rings is 1. The molecule has 1 aromatic rings. The van der Waals surface area contributed by atoms with Gasteiger partial charge in [0.2, 0.25) is 15.9 Å². The molecule has 0 saturated carbocycles. The number of carbonyl (C=O) groups is 1. The summed E-state index contributed by atoms with van der Waals surface area (Å²) in [5.74, 6) is 3.55. The number of sulfonamides is 1. The monoisotopic (exact) mass is 314 g/mol. The van der Waals surface area contributed by atoms with Crippen molar-refractivity contribution in [1.82, 2.24) is 9.62 Å². The number of carbonyl (C=O) groups excluding carboxylic acids is 1. The molecule has 0 aliphatic rings. The summed E-state index contributed by atoms with van der Waals surface area (Å²) in [6.07, 6.45) is 0. The number of hydrogen-bond donors (Lipinski definition) is 2. The molecule has 0 bridgehead atoms. The molecule has 0 radical (unpaired) electrons. The summed E-state index contributed by atoms with van der Waals surface area (Å²) >= 11 is 0. The highest BCUT2D eigenvalue weighted by Crippen LogP contribution is 2.16. The summed E-state index contributed by atoms with van der Waals surface area (Å²) in [6.45, 7) is -0.901. The van der Waals surface area contributed by atoms with Crippen molar-refractivity contribution in [2.75, 3.05) is 27.2 Å². The van der Waals surface area contributed by atoms with Gasteiger partial charge in [-0.2, -0.15) is 0 Å². The maximum absolute atomic E-state index is 13.2. The van der Waals surface area contributed by atoms with Crippen molar-refractivity contribution in [2.45, 2.75) is 4.90 Å². The van der Waals surface area contributed by atoms with E-state index in [1.54, 1.807) is 0 Å². The molecule has 0 heterocycles. The molecule has 1 rings (SSSR count). The van der Waals surface area contributed by atoms with Crippen LogP contribution in [0.3, 0.4) is 0 Å². The van der Waals surface area contributed by atoms with Crippen LogP contribution in [0, 0.1) is 17.7 Å². The van der Waals surface area contributed by atoms with Gasteiger partial charge in [-0.25, -0.2) is 17.5 Å². The standard InChI is InChI=1S/C13H15FN2O4S/c1-16(2)13(18)9-15-21(19,20)12-6-5-11(14)8-10(12)4-3-7-17/h5-6,8,15,17H,7,9H2,1-2H3. The molecular weight excluding hydrogens is 299 g/mol. The van der Waals surface area contributed by atoms with Gasteiger partial charge in [0.1, 0.15) is 12.4 Å². The lowest BCUT2D eigenvalue weighted by molar-refractivity contribution is -0.127. The fourth-order valence-corrected chi connectivity index (χ4v) is 2.48. The van der Waals surface area contributed by atoms with Gasteiger partial charge in [-0.3, -0.25) is 4.79 Å². The highest BCUT2D eigenvalue weighted by atomic mass is 32.2. The molecule has 0 aliphatic carbocycles. The van der Waals surface area contributed by atoms with Gasteiger partial charge in [-0.1, -0.05) is 11.8 Å². The topological polar surface area (TPSA) is 86.7 Å². The minimum absolute atomic E-state index is 0.0890. The maximum Gasteiger partial charge on any atom is 0.242 e. The molecule has 21 heavy (non-hydrogen) atoms. The van der Waals surface area contributed by atoms with Crippen molar-refractivity contribution in [3.63, 3.8) is 0 Å². The maximum atomic E-state index is 13.2. The number of aliphatic hydroxyl groups excluding tert-OH is 1. The number of nitrogens with one attached hydrogen (secondary N) is 1. The molecule has 8 heteroatoms. The van der Waals surface area contributed by atoms with E-state index in [1.165, 1.54) is 19.0 Å². The first-order valence-electron chi connectivity index (χ1n) is 5.87. The number of rotatable bonds is 4. The SMILES string of the molecule is CN(C)C(=O)CNS(=O)(=O)c1ccc(F)cc1C#CCO. The van der Waals surface area contributed by atoms with Gasteiger partial charge in [0, 0.05) is 19.7 Å². The van der Waals surface area contributed by atoms with Crippen LogP contribution in [0.4, 0.5) is 4.39 Å². The Balaban J connectivity index is 3.11. The lowest BCUT2D eigenvalue weighted by atomic mass is 10.2. The Hall–Kier alpha value is -1.95. The van der Waals surface area contributed by atoms with E-state index in [4.69, 9.17) is 5.11 Å². The second-order valence-electron chi connectivity index (χ2n) is 4.21. The number of amides is 1. The summed E-state index contributed by atoms with van der Waals surface area (Å²) in [7, 11) is -1.03. The van der Waals surface area contributed by atoms with Crippen LogP contribution in [-0.4, -0.2) is 51.6 Å². The van der Waals surface area contributed by atoms with Crippen molar-refractivity contribution in [1.29, 1.82) is 0 Å². The van der Waals surface area contributed by atoms with Crippen molar-refractivity contribution >= 4 is 15.9 Å². The van der Waals surface area contributed by atoms with Gasteiger partial charge in [0.05, 0.1) is 11.4 Å². The molecule has 0 aliphatic heterocycles. The Kier molecular flexibility index (Phi) is 5.84. The Labute approximate surface area is 122 Å². The van der Waals surface area contributed by atoms with Crippen LogP contribution < -0.4 is 4.72 Å². The molecule has 114 valence electrons. The van der Waals surface area contributed by atoms with Crippen LogP contribution >= 0.6 is 0 Å². The van der Waals surface area contributed by atoms with E-state index in [0.717, 1.165) is 18.2 Å². The molecule has 0 atom stereocenters. The molecular formula is C13H15FN2O4S. The summed E-state index contributed by atoms with van der Waals surface area (Å²) in [6, 6.07) is 2.98. The molecule has 1 aromatic carbocycles. The molecule has 2 N–H and O–H groups in total. The first-order valence-corrected chi connectivity index (χ1v) is 7.35. The fraction of sp³-hybridized carbons (Fsp3) is 0.308. The van der Waals surface area contributed by atoms with E-state index in [9.17, 15) is 17.6 Å². The zero-order chi connectivity index (χ0) is 16.0. The van der Waals surface area contributed by atoms with E-state index in [0.29, 0.717) is 0 Å². The molecule has 0 unspecified atom stereocenters. The van der Waals surface area contributed by atoms with Crippen LogP contribution in [0.1, 0.15) is 5.56 Å². The van der Waals surface area contributed by atoms with E-state index in [1.807, 2.05) is 0 Å². The van der Waals surface area contributed by atoms with E-state index < -0.39 is 34.9 Å². The lowest BCUT2D eigenvalue weighted by Crippen LogP contribution is -2.36. The second kappa shape index (κ2) is 7.17. The summed E-state index contributed by atoms with van der Waals surface area (Å²) in [5, 5.41) is 8.65. The predicted octanol–water partition coefficient (Wildman–Crippen LogP) is -0.464. The van der Waals surface area contributed by atoms with Gasteiger partial charge >= 0.3 is 0 Å². The molecule has 1 amide bonds. The molecule has 0 fully saturated rings. The lowest BCUT2D eigenvalue weighted by Gasteiger charge is -2.12. The normalized spacial score (nSPS) is 10.7. The minimum atomic E-state index is -4.01. The number of hydrogen-bond acceptors (Lipinski definition) is 4. The Morgan fingerprint density at radius 2 is 2.10 bits per heavy atom. The molecule has 0 saturated heterocycles. The van der Waals surface area contributed by atoms with E-state index in [-0.39, 0.29) is 10.5 Å². The average molecular weight is 314 g/mol. The van der Waals surface area contributed by atoms with E-state index >= 15 is 0 Å². The van der Waals surface area contributed by atoms with Crippen molar-refractivity contribution in [2.24, 2.45) is 0 Å². The highest BCUT2D eigenvalue weighted by Gasteiger charge is 2.19. The number of aliphatic hydroxyl groups is 1. The van der Waals surface area contributed by atoms with Crippen molar-refractivity contribution in [3.8, 4) is 11.8 Å². The predicted molar refractivity (Wildman–Crippen MR) is 74.2 cm³/mol. The number of likely N-dealkylation sites (N-methyl/N-ethyl adjacent to an activating group) is 1. The third kappa shape index (κ3) is 4.82. The van der Waals surface area contributed by atoms with Gasteiger partial charge < -0.3 is 10.0 Å². The van der Waals surface area contributed by atoms with Crippen LogP contribution in [0.25, 0.3) is 0 Å². The third-order valence-corrected chi connectivity index (χ3v) is 3.90. The summed E-state index contributed by atoms with van der Waals surface area (Å²) in [5.41, 5.74) is -0.0890. The number of nitrogens with zero attached hydrogens (tertiary/aromatic N) is 1. The molecule has 0 spiro atoms. The van der Waals surface area contributed by atoms with Gasteiger partial charge in [-0.15, -0.1) is 0 Å². The first kappa shape index (κ1) is 17.1.